The normalized spacial score (nSPS) is 22.3. The standard InChI is InChI=1S/C16H23N3O4/c20-15(13-3-1-11-22-13)17-5-6-18-7-9-19(10-8-18)16(21)14-4-2-12-23-14/h2,4,12-13H,1,3,5-11H2,(H,17,20). The Morgan fingerprint density at radius 2 is 2.09 bits per heavy atom. The third-order valence-corrected chi connectivity index (χ3v) is 4.34. The van der Waals surface area contributed by atoms with Crippen LogP contribution in [-0.2, 0) is 9.53 Å². The van der Waals surface area contributed by atoms with Crippen molar-refractivity contribution in [3.8, 4) is 0 Å². The molecule has 1 N–H and O–H groups in total. The van der Waals surface area contributed by atoms with E-state index in [4.69, 9.17) is 9.15 Å². The van der Waals surface area contributed by atoms with Gasteiger partial charge in [0.25, 0.3) is 5.91 Å². The second-order valence-electron chi connectivity index (χ2n) is 5.90. The van der Waals surface area contributed by atoms with E-state index in [-0.39, 0.29) is 17.9 Å². The molecule has 23 heavy (non-hydrogen) atoms. The number of amides is 2. The number of carbonyl (C=O) groups excluding carboxylic acids is 2. The predicted molar refractivity (Wildman–Crippen MR) is 83.0 cm³/mol. The van der Waals surface area contributed by atoms with Crippen molar-refractivity contribution in [1.82, 2.24) is 15.1 Å². The van der Waals surface area contributed by atoms with Gasteiger partial charge in [-0.1, -0.05) is 0 Å². The quantitative estimate of drug-likeness (QED) is 0.846. The van der Waals surface area contributed by atoms with Gasteiger partial charge < -0.3 is 19.4 Å². The van der Waals surface area contributed by atoms with Gasteiger partial charge in [-0.05, 0) is 25.0 Å². The summed E-state index contributed by atoms with van der Waals surface area (Å²) in [6.07, 6.45) is 3.03. The molecule has 3 rings (SSSR count). The van der Waals surface area contributed by atoms with Crippen LogP contribution in [0.15, 0.2) is 22.8 Å². The lowest BCUT2D eigenvalue weighted by Gasteiger charge is -2.34. The number of furan rings is 1. The summed E-state index contributed by atoms with van der Waals surface area (Å²) in [5, 5.41) is 2.93. The van der Waals surface area contributed by atoms with Crippen molar-refractivity contribution in [2.75, 3.05) is 45.9 Å². The van der Waals surface area contributed by atoms with Crippen LogP contribution in [0.2, 0.25) is 0 Å². The van der Waals surface area contributed by atoms with Crippen molar-refractivity contribution in [2.24, 2.45) is 0 Å². The second kappa shape index (κ2) is 7.61. The average molecular weight is 321 g/mol. The zero-order valence-corrected chi connectivity index (χ0v) is 13.2. The molecule has 2 amide bonds. The van der Waals surface area contributed by atoms with E-state index in [0.29, 0.717) is 32.0 Å². The molecule has 3 heterocycles. The maximum Gasteiger partial charge on any atom is 0.289 e. The summed E-state index contributed by atoms with van der Waals surface area (Å²) in [6.45, 7) is 5.07. The van der Waals surface area contributed by atoms with E-state index in [2.05, 4.69) is 10.2 Å². The summed E-state index contributed by atoms with van der Waals surface area (Å²) in [5.74, 6) is 0.331. The van der Waals surface area contributed by atoms with Crippen LogP contribution in [0.3, 0.4) is 0 Å². The zero-order valence-electron chi connectivity index (χ0n) is 13.2. The van der Waals surface area contributed by atoms with E-state index in [0.717, 1.165) is 32.5 Å². The summed E-state index contributed by atoms with van der Waals surface area (Å²) < 4.78 is 10.5. The number of nitrogens with zero attached hydrogens (tertiary/aromatic N) is 2. The van der Waals surface area contributed by atoms with Gasteiger partial charge in [0.2, 0.25) is 5.91 Å². The fraction of sp³-hybridized carbons (Fsp3) is 0.625. The first-order valence-electron chi connectivity index (χ1n) is 8.18. The first-order chi connectivity index (χ1) is 11.2. The molecule has 2 aliphatic heterocycles. The van der Waals surface area contributed by atoms with Crippen LogP contribution >= 0.6 is 0 Å². The summed E-state index contributed by atoms with van der Waals surface area (Å²) in [7, 11) is 0. The van der Waals surface area contributed by atoms with Crippen LogP contribution in [0, 0.1) is 0 Å². The Kier molecular flexibility index (Phi) is 5.30. The van der Waals surface area contributed by atoms with Crippen LogP contribution < -0.4 is 5.32 Å². The maximum absolute atomic E-state index is 12.2. The minimum Gasteiger partial charge on any atom is -0.459 e. The van der Waals surface area contributed by atoms with Gasteiger partial charge in [-0.25, -0.2) is 0 Å². The van der Waals surface area contributed by atoms with Gasteiger partial charge in [-0.3, -0.25) is 14.5 Å². The van der Waals surface area contributed by atoms with Gasteiger partial charge in [0.05, 0.1) is 6.26 Å². The molecule has 1 unspecified atom stereocenters. The summed E-state index contributed by atoms with van der Waals surface area (Å²) >= 11 is 0. The van der Waals surface area contributed by atoms with Crippen LogP contribution in [0.4, 0.5) is 0 Å². The molecule has 126 valence electrons. The molecule has 0 aliphatic carbocycles. The molecule has 0 bridgehead atoms. The highest BCUT2D eigenvalue weighted by Crippen LogP contribution is 2.12. The molecule has 1 aromatic rings. The topological polar surface area (TPSA) is 75.0 Å². The van der Waals surface area contributed by atoms with E-state index in [1.54, 1.807) is 17.0 Å². The van der Waals surface area contributed by atoms with E-state index < -0.39 is 0 Å². The SMILES string of the molecule is O=C(NCCN1CCN(C(=O)c2ccco2)CC1)C1CCCO1. The summed E-state index contributed by atoms with van der Waals surface area (Å²) in [6, 6.07) is 3.41. The van der Waals surface area contributed by atoms with Gasteiger partial charge in [0, 0.05) is 45.9 Å². The average Bonchev–Trinajstić information content (AvgIpc) is 3.28. The monoisotopic (exact) mass is 321 g/mol. The van der Waals surface area contributed by atoms with Gasteiger partial charge in [-0.2, -0.15) is 0 Å². The zero-order chi connectivity index (χ0) is 16.1. The Morgan fingerprint density at radius 3 is 2.74 bits per heavy atom. The highest BCUT2D eigenvalue weighted by atomic mass is 16.5. The van der Waals surface area contributed by atoms with Crippen LogP contribution in [0.1, 0.15) is 23.4 Å². The van der Waals surface area contributed by atoms with Crippen molar-refractivity contribution < 1.29 is 18.7 Å². The largest absolute Gasteiger partial charge is 0.459 e. The van der Waals surface area contributed by atoms with Crippen LogP contribution in [-0.4, -0.2) is 73.6 Å². The van der Waals surface area contributed by atoms with E-state index in [9.17, 15) is 9.59 Å². The van der Waals surface area contributed by atoms with Gasteiger partial charge in [0.15, 0.2) is 5.76 Å². The lowest BCUT2D eigenvalue weighted by atomic mass is 10.2. The number of rotatable bonds is 5. The molecule has 2 aliphatic rings. The fourth-order valence-corrected chi connectivity index (χ4v) is 2.97. The minimum absolute atomic E-state index is 0.00543. The highest BCUT2D eigenvalue weighted by Gasteiger charge is 2.25. The number of hydrogen-bond donors (Lipinski definition) is 1. The number of nitrogens with one attached hydrogen (secondary N) is 1. The third-order valence-electron chi connectivity index (χ3n) is 4.34. The van der Waals surface area contributed by atoms with Gasteiger partial charge in [0.1, 0.15) is 6.10 Å². The second-order valence-corrected chi connectivity index (χ2v) is 5.90. The number of hydrogen-bond acceptors (Lipinski definition) is 5. The third kappa shape index (κ3) is 4.11. The lowest BCUT2D eigenvalue weighted by molar-refractivity contribution is -0.130. The molecule has 7 heteroatoms. The van der Waals surface area contributed by atoms with Crippen LogP contribution in [0.25, 0.3) is 0 Å². The Morgan fingerprint density at radius 1 is 1.26 bits per heavy atom. The Labute approximate surface area is 135 Å². The number of ether oxygens (including phenoxy) is 1. The minimum atomic E-state index is -0.266. The molecular formula is C16H23N3O4. The summed E-state index contributed by atoms with van der Waals surface area (Å²) in [5.41, 5.74) is 0. The Balaban J connectivity index is 1.34. The molecule has 2 fully saturated rings. The van der Waals surface area contributed by atoms with Crippen LogP contribution in [0.5, 0.6) is 0 Å². The molecule has 1 atom stereocenters. The number of piperazine rings is 1. The van der Waals surface area contributed by atoms with Crippen molar-refractivity contribution in [2.45, 2.75) is 18.9 Å². The molecule has 0 aromatic carbocycles. The molecular weight excluding hydrogens is 298 g/mol. The fourth-order valence-electron chi connectivity index (χ4n) is 2.97. The van der Waals surface area contributed by atoms with Gasteiger partial charge in [-0.15, -0.1) is 0 Å². The van der Waals surface area contributed by atoms with E-state index >= 15 is 0 Å². The maximum atomic E-state index is 12.2. The van der Waals surface area contributed by atoms with Gasteiger partial charge >= 0.3 is 0 Å². The molecule has 7 nitrogen and oxygen atoms in total. The van der Waals surface area contributed by atoms with Crippen molar-refractivity contribution in [1.29, 1.82) is 0 Å². The first kappa shape index (κ1) is 16.0. The molecule has 0 radical (unpaired) electrons. The van der Waals surface area contributed by atoms with Crippen molar-refractivity contribution in [3.05, 3.63) is 24.2 Å². The lowest BCUT2D eigenvalue weighted by Crippen LogP contribution is -2.50. The Hall–Kier alpha value is -1.86. The Bertz CT molecular complexity index is 517. The van der Waals surface area contributed by atoms with E-state index in [1.807, 2.05) is 0 Å². The molecule has 0 saturated carbocycles. The highest BCUT2D eigenvalue weighted by molar-refractivity contribution is 5.91. The summed E-state index contributed by atoms with van der Waals surface area (Å²) in [4.78, 5) is 28.1. The van der Waals surface area contributed by atoms with Crippen molar-refractivity contribution >= 4 is 11.8 Å². The molecule has 2 saturated heterocycles. The predicted octanol–water partition coefficient (Wildman–Crippen LogP) is 0.333. The smallest absolute Gasteiger partial charge is 0.289 e. The molecule has 0 spiro atoms. The van der Waals surface area contributed by atoms with Crippen molar-refractivity contribution in [3.63, 3.8) is 0 Å². The first-order valence-corrected chi connectivity index (χ1v) is 8.18. The molecule has 1 aromatic heterocycles. The number of carbonyl (C=O) groups is 2. The van der Waals surface area contributed by atoms with E-state index in [1.165, 1.54) is 6.26 Å².